The number of nitrogens with zero attached hydrogens (tertiary/aromatic N) is 2. The number of hydrogen-bond donors (Lipinski definition) is 1. The lowest BCUT2D eigenvalue weighted by molar-refractivity contribution is -0.122. The van der Waals surface area contributed by atoms with Gasteiger partial charge in [0.2, 0.25) is 15.9 Å². The summed E-state index contributed by atoms with van der Waals surface area (Å²) in [5, 5.41) is 3.39. The van der Waals surface area contributed by atoms with Crippen LogP contribution < -0.4 is 9.62 Å². The summed E-state index contributed by atoms with van der Waals surface area (Å²) in [5.74, 6) is -0.400. The molecule has 0 aromatic heterocycles. The SMILES string of the molecule is C[C@@H](C(=O)NCc1cccc(CN2CCCCC2)c1)N(c1ccc(Cl)c(Cl)c1)S(C)(=O)=O. The van der Waals surface area contributed by atoms with E-state index < -0.39 is 22.0 Å². The number of piperidine rings is 1. The van der Waals surface area contributed by atoms with Crippen LogP contribution in [-0.4, -0.2) is 44.6 Å². The van der Waals surface area contributed by atoms with Crippen molar-refractivity contribution >= 4 is 44.8 Å². The Labute approximate surface area is 200 Å². The minimum absolute atomic E-state index is 0.218. The summed E-state index contributed by atoms with van der Waals surface area (Å²) in [7, 11) is -3.73. The van der Waals surface area contributed by atoms with Crippen molar-refractivity contribution in [1.29, 1.82) is 0 Å². The van der Waals surface area contributed by atoms with E-state index in [2.05, 4.69) is 22.3 Å². The number of sulfonamides is 1. The van der Waals surface area contributed by atoms with Crippen LogP contribution in [-0.2, 0) is 27.9 Å². The van der Waals surface area contributed by atoms with E-state index >= 15 is 0 Å². The number of amides is 1. The van der Waals surface area contributed by atoms with Crippen molar-refractivity contribution in [3.05, 3.63) is 63.6 Å². The fourth-order valence-electron chi connectivity index (χ4n) is 3.98. The van der Waals surface area contributed by atoms with Crippen molar-refractivity contribution in [2.75, 3.05) is 23.7 Å². The van der Waals surface area contributed by atoms with Gasteiger partial charge >= 0.3 is 0 Å². The zero-order valence-electron chi connectivity index (χ0n) is 18.4. The highest BCUT2D eigenvalue weighted by Gasteiger charge is 2.29. The van der Waals surface area contributed by atoms with Gasteiger partial charge in [-0.1, -0.05) is 53.9 Å². The highest BCUT2D eigenvalue weighted by molar-refractivity contribution is 7.92. The van der Waals surface area contributed by atoms with Crippen molar-refractivity contribution in [2.45, 2.75) is 45.3 Å². The summed E-state index contributed by atoms with van der Waals surface area (Å²) in [5.41, 5.74) is 2.47. The first-order chi connectivity index (χ1) is 15.1. The Kier molecular flexibility index (Phi) is 8.44. The van der Waals surface area contributed by atoms with Gasteiger partial charge in [0.1, 0.15) is 6.04 Å². The van der Waals surface area contributed by atoms with E-state index in [1.807, 2.05) is 12.1 Å². The average Bonchev–Trinajstić information content (AvgIpc) is 2.74. The molecular formula is C23H29Cl2N3O3S. The highest BCUT2D eigenvalue weighted by Crippen LogP contribution is 2.29. The predicted octanol–water partition coefficient (Wildman–Crippen LogP) is 4.45. The minimum atomic E-state index is -3.73. The van der Waals surface area contributed by atoms with E-state index in [1.54, 1.807) is 6.92 Å². The second-order valence-electron chi connectivity index (χ2n) is 8.21. The molecule has 1 aliphatic heterocycles. The topological polar surface area (TPSA) is 69.7 Å². The zero-order chi connectivity index (χ0) is 23.3. The fourth-order valence-corrected chi connectivity index (χ4v) is 5.44. The number of nitrogens with one attached hydrogen (secondary N) is 1. The van der Waals surface area contributed by atoms with Gasteiger partial charge in [-0.3, -0.25) is 14.0 Å². The van der Waals surface area contributed by atoms with Gasteiger partial charge in [-0.15, -0.1) is 0 Å². The van der Waals surface area contributed by atoms with E-state index in [4.69, 9.17) is 23.2 Å². The minimum Gasteiger partial charge on any atom is -0.350 e. The van der Waals surface area contributed by atoms with Crippen LogP contribution in [0.15, 0.2) is 42.5 Å². The van der Waals surface area contributed by atoms with Crippen molar-refractivity contribution in [1.82, 2.24) is 10.2 Å². The molecule has 0 unspecified atom stereocenters. The summed E-state index contributed by atoms with van der Waals surface area (Å²) in [6.07, 6.45) is 4.84. The normalized spacial score (nSPS) is 15.9. The molecule has 0 radical (unpaired) electrons. The Morgan fingerprint density at radius 1 is 1.06 bits per heavy atom. The maximum Gasteiger partial charge on any atom is 0.243 e. The number of carbonyl (C=O) groups excluding carboxylic acids is 1. The van der Waals surface area contributed by atoms with Crippen molar-refractivity contribution in [3.63, 3.8) is 0 Å². The second-order valence-corrected chi connectivity index (χ2v) is 10.9. The van der Waals surface area contributed by atoms with Gasteiger partial charge in [-0.25, -0.2) is 8.42 Å². The maximum atomic E-state index is 12.8. The van der Waals surface area contributed by atoms with Crippen LogP contribution >= 0.6 is 23.2 Å². The fraction of sp³-hybridized carbons (Fsp3) is 0.435. The smallest absolute Gasteiger partial charge is 0.243 e. The molecule has 0 aliphatic carbocycles. The summed E-state index contributed by atoms with van der Waals surface area (Å²) in [6.45, 7) is 5.00. The van der Waals surface area contributed by atoms with Gasteiger partial charge < -0.3 is 5.32 Å². The number of halogens is 2. The summed E-state index contributed by atoms with van der Waals surface area (Å²) >= 11 is 12.0. The lowest BCUT2D eigenvalue weighted by Gasteiger charge is -2.28. The first-order valence-corrected chi connectivity index (χ1v) is 13.3. The third-order valence-electron chi connectivity index (χ3n) is 5.56. The van der Waals surface area contributed by atoms with Crippen LogP contribution in [0.5, 0.6) is 0 Å². The van der Waals surface area contributed by atoms with E-state index in [0.29, 0.717) is 11.6 Å². The largest absolute Gasteiger partial charge is 0.350 e. The van der Waals surface area contributed by atoms with Crippen LogP contribution in [0.1, 0.15) is 37.3 Å². The van der Waals surface area contributed by atoms with E-state index in [1.165, 1.54) is 43.0 Å². The second kappa shape index (κ2) is 10.9. The Morgan fingerprint density at radius 3 is 2.41 bits per heavy atom. The monoisotopic (exact) mass is 497 g/mol. The van der Waals surface area contributed by atoms with Crippen LogP contribution in [0.3, 0.4) is 0 Å². The molecule has 2 aromatic rings. The first kappa shape index (κ1) is 24.8. The van der Waals surface area contributed by atoms with Gasteiger partial charge in [0, 0.05) is 13.1 Å². The lowest BCUT2D eigenvalue weighted by Crippen LogP contribution is -2.47. The number of hydrogen-bond acceptors (Lipinski definition) is 4. The number of rotatable bonds is 8. The Bertz CT molecular complexity index is 1060. The molecule has 0 spiro atoms. The summed E-state index contributed by atoms with van der Waals surface area (Å²) in [6, 6.07) is 11.7. The lowest BCUT2D eigenvalue weighted by atomic mass is 10.1. The standard InChI is InChI=1S/C23H29Cl2N3O3S/c1-17(28(32(2,30)31)20-9-10-21(24)22(25)14-20)23(29)26-15-18-7-6-8-19(13-18)16-27-11-4-3-5-12-27/h6-10,13-14,17H,3-5,11-12,15-16H2,1-2H3,(H,26,29)/t17-/m0/s1. The quantitative estimate of drug-likeness (QED) is 0.584. The van der Waals surface area contributed by atoms with Crippen LogP contribution in [0, 0.1) is 0 Å². The van der Waals surface area contributed by atoms with Crippen molar-refractivity contribution in [3.8, 4) is 0 Å². The van der Waals surface area contributed by atoms with Crippen LogP contribution in [0.2, 0.25) is 10.0 Å². The van der Waals surface area contributed by atoms with Crippen LogP contribution in [0.25, 0.3) is 0 Å². The molecule has 0 saturated carbocycles. The van der Waals surface area contributed by atoms with E-state index in [9.17, 15) is 13.2 Å². The third-order valence-corrected chi connectivity index (χ3v) is 7.54. The molecule has 1 saturated heterocycles. The van der Waals surface area contributed by atoms with Gasteiger partial charge in [0.25, 0.3) is 0 Å². The van der Waals surface area contributed by atoms with Gasteiger partial charge in [0.05, 0.1) is 22.0 Å². The molecule has 1 aliphatic rings. The molecule has 32 heavy (non-hydrogen) atoms. The maximum absolute atomic E-state index is 12.8. The van der Waals surface area contributed by atoms with Crippen molar-refractivity contribution in [2.24, 2.45) is 0 Å². The van der Waals surface area contributed by atoms with Gasteiger partial charge in [-0.05, 0) is 62.2 Å². The summed E-state index contributed by atoms with van der Waals surface area (Å²) in [4.78, 5) is 15.3. The predicted molar refractivity (Wildman–Crippen MR) is 131 cm³/mol. The molecule has 174 valence electrons. The Morgan fingerprint density at radius 2 is 1.75 bits per heavy atom. The highest BCUT2D eigenvalue weighted by atomic mass is 35.5. The molecule has 1 amide bonds. The summed E-state index contributed by atoms with van der Waals surface area (Å²) < 4.78 is 25.9. The number of carbonyl (C=O) groups is 1. The molecule has 3 rings (SSSR count). The van der Waals surface area contributed by atoms with Gasteiger partial charge in [0.15, 0.2) is 0 Å². The number of anilines is 1. The molecular weight excluding hydrogens is 469 g/mol. The molecule has 0 bridgehead atoms. The Hall–Kier alpha value is -1.80. The number of benzene rings is 2. The molecule has 1 N–H and O–H groups in total. The third kappa shape index (κ3) is 6.61. The molecule has 2 aromatic carbocycles. The molecule has 1 heterocycles. The molecule has 9 heteroatoms. The average molecular weight is 498 g/mol. The van der Waals surface area contributed by atoms with Crippen molar-refractivity contribution < 1.29 is 13.2 Å². The molecule has 1 fully saturated rings. The van der Waals surface area contributed by atoms with E-state index in [-0.39, 0.29) is 10.7 Å². The zero-order valence-corrected chi connectivity index (χ0v) is 20.7. The van der Waals surface area contributed by atoms with E-state index in [0.717, 1.165) is 35.8 Å². The first-order valence-electron chi connectivity index (χ1n) is 10.7. The van der Waals surface area contributed by atoms with Crippen LogP contribution in [0.4, 0.5) is 5.69 Å². The number of likely N-dealkylation sites (tertiary alicyclic amines) is 1. The van der Waals surface area contributed by atoms with Gasteiger partial charge in [-0.2, -0.15) is 0 Å². The molecule has 1 atom stereocenters. The molecule has 6 nitrogen and oxygen atoms in total. The Balaban J connectivity index is 1.67.